The van der Waals surface area contributed by atoms with Crippen molar-refractivity contribution in [1.29, 1.82) is 0 Å². The molecule has 2 rings (SSSR count). The van der Waals surface area contributed by atoms with Crippen LogP contribution in [0.15, 0.2) is 29.2 Å². The van der Waals surface area contributed by atoms with E-state index in [-0.39, 0.29) is 10.8 Å². The number of carbonyl (C=O) groups excluding carboxylic acids is 1. The van der Waals surface area contributed by atoms with Gasteiger partial charge in [0.1, 0.15) is 0 Å². The standard InChI is InChI=1S/C17H25NO4S/c1-18(11-12-22-2)16(19)17(9-4-5-10-17)14-7-6-8-15(13-14)23(3,20)21/h6-8,13H,4-5,9-12H2,1-3H3. The Labute approximate surface area is 138 Å². The minimum absolute atomic E-state index is 0.0534. The van der Waals surface area contributed by atoms with E-state index in [1.807, 2.05) is 6.07 Å². The molecule has 0 aliphatic heterocycles. The zero-order chi connectivity index (χ0) is 17.1. The molecule has 1 fully saturated rings. The number of carbonyl (C=O) groups is 1. The molecule has 0 saturated heterocycles. The van der Waals surface area contributed by atoms with Gasteiger partial charge in [-0.3, -0.25) is 4.79 Å². The molecule has 23 heavy (non-hydrogen) atoms. The van der Waals surface area contributed by atoms with Gasteiger partial charge in [0, 0.05) is 27.0 Å². The van der Waals surface area contributed by atoms with Gasteiger partial charge in [-0.2, -0.15) is 0 Å². The highest BCUT2D eigenvalue weighted by molar-refractivity contribution is 7.90. The lowest BCUT2D eigenvalue weighted by molar-refractivity contribution is -0.136. The highest BCUT2D eigenvalue weighted by atomic mass is 32.2. The van der Waals surface area contributed by atoms with Crippen LogP contribution in [0.2, 0.25) is 0 Å². The summed E-state index contributed by atoms with van der Waals surface area (Å²) in [6, 6.07) is 6.86. The fourth-order valence-electron chi connectivity index (χ4n) is 3.32. The Morgan fingerprint density at radius 1 is 1.30 bits per heavy atom. The normalized spacial score (nSPS) is 17.2. The van der Waals surface area contributed by atoms with Gasteiger partial charge < -0.3 is 9.64 Å². The Kier molecular flexibility index (Phi) is 5.47. The zero-order valence-electron chi connectivity index (χ0n) is 14.0. The maximum Gasteiger partial charge on any atom is 0.233 e. The van der Waals surface area contributed by atoms with Crippen LogP contribution in [0.5, 0.6) is 0 Å². The summed E-state index contributed by atoms with van der Waals surface area (Å²) in [6.07, 6.45) is 4.67. The molecule has 1 saturated carbocycles. The topological polar surface area (TPSA) is 63.7 Å². The van der Waals surface area contributed by atoms with Gasteiger partial charge in [-0.05, 0) is 30.5 Å². The van der Waals surface area contributed by atoms with Crippen LogP contribution in [0.25, 0.3) is 0 Å². The van der Waals surface area contributed by atoms with Crippen molar-refractivity contribution in [3.05, 3.63) is 29.8 Å². The summed E-state index contributed by atoms with van der Waals surface area (Å²) < 4.78 is 28.7. The summed E-state index contributed by atoms with van der Waals surface area (Å²) >= 11 is 0. The summed E-state index contributed by atoms with van der Waals surface area (Å²) in [5.74, 6) is 0.0534. The van der Waals surface area contributed by atoms with Gasteiger partial charge in [0.25, 0.3) is 0 Å². The van der Waals surface area contributed by atoms with Crippen molar-refractivity contribution in [2.24, 2.45) is 0 Å². The predicted octanol–water partition coefficient (Wildman–Crippen LogP) is 2.01. The van der Waals surface area contributed by atoms with E-state index in [4.69, 9.17) is 4.74 Å². The number of hydrogen-bond acceptors (Lipinski definition) is 4. The second kappa shape index (κ2) is 7.01. The Balaban J connectivity index is 2.40. The van der Waals surface area contributed by atoms with Gasteiger partial charge in [-0.1, -0.05) is 25.0 Å². The van der Waals surface area contributed by atoms with Crippen molar-refractivity contribution >= 4 is 15.7 Å². The number of nitrogens with zero attached hydrogens (tertiary/aromatic N) is 1. The number of hydrogen-bond donors (Lipinski definition) is 0. The first kappa shape index (κ1) is 17.9. The molecular formula is C17H25NO4S. The lowest BCUT2D eigenvalue weighted by Gasteiger charge is -2.33. The van der Waals surface area contributed by atoms with Gasteiger partial charge in [0.05, 0.1) is 16.9 Å². The number of sulfone groups is 1. The highest BCUT2D eigenvalue weighted by Gasteiger charge is 2.44. The first-order valence-electron chi connectivity index (χ1n) is 7.86. The monoisotopic (exact) mass is 339 g/mol. The molecule has 6 heteroatoms. The van der Waals surface area contributed by atoms with Crippen molar-refractivity contribution in [3.63, 3.8) is 0 Å². The van der Waals surface area contributed by atoms with E-state index in [1.165, 1.54) is 6.26 Å². The van der Waals surface area contributed by atoms with E-state index < -0.39 is 15.3 Å². The average molecular weight is 339 g/mol. The molecule has 1 aromatic rings. The molecule has 0 spiro atoms. The molecule has 1 amide bonds. The minimum atomic E-state index is -3.29. The van der Waals surface area contributed by atoms with E-state index in [1.54, 1.807) is 37.3 Å². The van der Waals surface area contributed by atoms with Crippen LogP contribution in [0.4, 0.5) is 0 Å². The molecule has 1 aromatic carbocycles. The van der Waals surface area contributed by atoms with E-state index in [9.17, 15) is 13.2 Å². The third-order valence-electron chi connectivity index (χ3n) is 4.66. The Bertz CT molecular complexity index is 663. The van der Waals surface area contributed by atoms with Crippen LogP contribution in [-0.4, -0.2) is 52.8 Å². The number of methoxy groups -OCH3 is 1. The van der Waals surface area contributed by atoms with E-state index in [2.05, 4.69) is 0 Å². The SMILES string of the molecule is COCCN(C)C(=O)C1(c2cccc(S(C)(=O)=O)c2)CCCC1. The fourth-order valence-corrected chi connectivity index (χ4v) is 3.99. The third kappa shape index (κ3) is 3.75. The van der Waals surface area contributed by atoms with E-state index in [0.29, 0.717) is 13.2 Å². The molecule has 1 aliphatic carbocycles. The Hall–Kier alpha value is -1.40. The summed E-state index contributed by atoms with van der Waals surface area (Å²) in [6.45, 7) is 1.02. The quantitative estimate of drug-likeness (QED) is 0.795. The van der Waals surface area contributed by atoms with Crippen LogP contribution in [0.3, 0.4) is 0 Å². The number of amides is 1. The molecule has 0 aromatic heterocycles. The predicted molar refractivity (Wildman–Crippen MR) is 89.2 cm³/mol. The summed E-state index contributed by atoms with van der Waals surface area (Å²) in [5.41, 5.74) is 0.204. The zero-order valence-corrected chi connectivity index (χ0v) is 14.9. The summed E-state index contributed by atoms with van der Waals surface area (Å²) in [4.78, 5) is 15.0. The maximum absolute atomic E-state index is 13.1. The molecule has 128 valence electrons. The largest absolute Gasteiger partial charge is 0.383 e. The Morgan fingerprint density at radius 3 is 2.52 bits per heavy atom. The smallest absolute Gasteiger partial charge is 0.233 e. The van der Waals surface area contributed by atoms with Crippen LogP contribution in [-0.2, 0) is 24.8 Å². The number of ether oxygens (including phenoxy) is 1. The molecule has 0 atom stereocenters. The summed E-state index contributed by atoms with van der Waals surface area (Å²) in [5, 5.41) is 0. The number of rotatable bonds is 6. The van der Waals surface area contributed by atoms with Crippen LogP contribution < -0.4 is 0 Å². The Morgan fingerprint density at radius 2 is 1.96 bits per heavy atom. The second-order valence-electron chi connectivity index (χ2n) is 6.31. The van der Waals surface area contributed by atoms with Crippen molar-refractivity contribution in [3.8, 4) is 0 Å². The molecule has 0 heterocycles. The van der Waals surface area contributed by atoms with Gasteiger partial charge in [-0.15, -0.1) is 0 Å². The first-order valence-corrected chi connectivity index (χ1v) is 9.75. The van der Waals surface area contributed by atoms with Crippen LogP contribution in [0.1, 0.15) is 31.2 Å². The molecule has 0 bridgehead atoms. The maximum atomic E-state index is 13.1. The van der Waals surface area contributed by atoms with Crippen LogP contribution in [0, 0.1) is 0 Å². The van der Waals surface area contributed by atoms with Crippen molar-refractivity contribution in [1.82, 2.24) is 4.90 Å². The summed E-state index contributed by atoms with van der Waals surface area (Å²) in [7, 11) is 0.103. The minimum Gasteiger partial charge on any atom is -0.383 e. The number of likely N-dealkylation sites (N-methyl/N-ethyl adjacent to an activating group) is 1. The lowest BCUT2D eigenvalue weighted by atomic mass is 9.77. The molecule has 1 aliphatic rings. The van der Waals surface area contributed by atoms with E-state index >= 15 is 0 Å². The molecule has 5 nitrogen and oxygen atoms in total. The second-order valence-corrected chi connectivity index (χ2v) is 8.32. The molecule has 0 N–H and O–H groups in total. The van der Waals surface area contributed by atoms with Crippen molar-refractivity contribution < 1.29 is 17.9 Å². The fraction of sp³-hybridized carbons (Fsp3) is 0.588. The van der Waals surface area contributed by atoms with Crippen LogP contribution >= 0.6 is 0 Å². The van der Waals surface area contributed by atoms with Crippen molar-refractivity contribution in [2.75, 3.05) is 33.6 Å². The molecule has 0 unspecified atom stereocenters. The molecule has 0 radical (unpaired) electrons. The lowest BCUT2D eigenvalue weighted by Crippen LogP contribution is -2.44. The van der Waals surface area contributed by atoms with Gasteiger partial charge >= 0.3 is 0 Å². The van der Waals surface area contributed by atoms with Crippen molar-refractivity contribution in [2.45, 2.75) is 36.0 Å². The highest BCUT2D eigenvalue weighted by Crippen LogP contribution is 2.43. The van der Waals surface area contributed by atoms with Gasteiger partial charge in [0.2, 0.25) is 5.91 Å². The first-order chi connectivity index (χ1) is 10.8. The average Bonchev–Trinajstić information content (AvgIpc) is 3.02. The van der Waals surface area contributed by atoms with Gasteiger partial charge in [0.15, 0.2) is 9.84 Å². The third-order valence-corrected chi connectivity index (χ3v) is 5.77. The number of benzene rings is 1. The van der Waals surface area contributed by atoms with E-state index in [0.717, 1.165) is 31.2 Å². The molecular weight excluding hydrogens is 314 g/mol. The van der Waals surface area contributed by atoms with Gasteiger partial charge in [-0.25, -0.2) is 8.42 Å².